The summed E-state index contributed by atoms with van der Waals surface area (Å²) >= 11 is 0. The van der Waals surface area contributed by atoms with E-state index in [-0.39, 0.29) is 18.2 Å². The minimum atomic E-state index is -0.210. The highest BCUT2D eigenvalue weighted by atomic mass is 16.3. The number of furan rings is 1. The molecular weight excluding hydrogens is 310 g/mol. The van der Waals surface area contributed by atoms with Crippen LogP contribution >= 0.6 is 0 Å². The standard InChI is InChI=1S/C22H27NO2/c1-22(2,3)23-19(15-24)21-18(14-13-16-9-5-4-6-10-16)17-11-7-8-12-20(17)25-21/h4-12,19,23-24H,13-15H2,1-3H3. The molecule has 0 saturated carbocycles. The molecule has 2 N–H and O–H groups in total. The Hall–Kier alpha value is -2.10. The lowest BCUT2D eigenvalue weighted by atomic mass is 9.98. The van der Waals surface area contributed by atoms with Gasteiger partial charge in [0.15, 0.2) is 0 Å². The van der Waals surface area contributed by atoms with Crippen LogP contribution in [0.5, 0.6) is 0 Å². The molecule has 25 heavy (non-hydrogen) atoms. The van der Waals surface area contributed by atoms with Gasteiger partial charge in [-0.25, -0.2) is 0 Å². The summed E-state index contributed by atoms with van der Waals surface area (Å²) in [6.07, 6.45) is 1.84. The summed E-state index contributed by atoms with van der Waals surface area (Å²) in [5, 5.41) is 14.6. The zero-order valence-corrected chi connectivity index (χ0v) is 15.3. The molecule has 132 valence electrons. The molecule has 1 aromatic heterocycles. The van der Waals surface area contributed by atoms with Crippen LogP contribution in [0.25, 0.3) is 11.0 Å². The quantitative estimate of drug-likeness (QED) is 0.689. The van der Waals surface area contributed by atoms with Gasteiger partial charge in [0.05, 0.1) is 12.6 Å². The molecule has 1 atom stereocenters. The summed E-state index contributed by atoms with van der Waals surface area (Å²) in [5.74, 6) is 0.856. The maximum atomic E-state index is 9.96. The fourth-order valence-electron chi connectivity index (χ4n) is 3.29. The van der Waals surface area contributed by atoms with E-state index in [4.69, 9.17) is 4.42 Å². The van der Waals surface area contributed by atoms with Crippen molar-refractivity contribution in [2.75, 3.05) is 6.61 Å². The molecule has 3 nitrogen and oxygen atoms in total. The maximum Gasteiger partial charge on any atom is 0.134 e. The summed E-state index contributed by atoms with van der Waals surface area (Å²) < 4.78 is 6.16. The average molecular weight is 337 g/mol. The van der Waals surface area contributed by atoms with Crippen LogP contribution in [-0.2, 0) is 12.8 Å². The molecule has 0 saturated heterocycles. The second-order valence-corrected chi connectivity index (χ2v) is 7.56. The Kier molecular flexibility index (Phi) is 5.26. The minimum absolute atomic E-state index is 0.00935. The van der Waals surface area contributed by atoms with Crippen LogP contribution < -0.4 is 5.32 Å². The van der Waals surface area contributed by atoms with Gasteiger partial charge in [0.2, 0.25) is 0 Å². The van der Waals surface area contributed by atoms with Gasteiger partial charge in [-0.2, -0.15) is 0 Å². The van der Waals surface area contributed by atoms with Crippen molar-refractivity contribution in [2.24, 2.45) is 0 Å². The fraction of sp³-hybridized carbons (Fsp3) is 0.364. The summed E-state index contributed by atoms with van der Waals surface area (Å²) in [5.41, 5.74) is 3.27. The molecule has 0 amide bonds. The third-order valence-corrected chi connectivity index (χ3v) is 4.34. The molecule has 0 fully saturated rings. The number of rotatable bonds is 6. The molecule has 2 aromatic carbocycles. The van der Waals surface area contributed by atoms with E-state index >= 15 is 0 Å². The Labute approximate surface area is 149 Å². The highest BCUT2D eigenvalue weighted by molar-refractivity contribution is 5.82. The monoisotopic (exact) mass is 337 g/mol. The molecule has 0 aliphatic rings. The third-order valence-electron chi connectivity index (χ3n) is 4.34. The van der Waals surface area contributed by atoms with Crippen LogP contribution in [0.15, 0.2) is 59.0 Å². The Balaban J connectivity index is 1.96. The zero-order valence-electron chi connectivity index (χ0n) is 15.3. The van der Waals surface area contributed by atoms with Crippen molar-refractivity contribution in [1.29, 1.82) is 0 Å². The van der Waals surface area contributed by atoms with E-state index in [9.17, 15) is 5.11 Å². The molecule has 1 heterocycles. The number of aryl methyl sites for hydroxylation is 2. The van der Waals surface area contributed by atoms with Crippen molar-refractivity contribution in [3.8, 4) is 0 Å². The van der Waals surface area contributed by atoms with Gasteiger partial charge in [0.25, 0.3) is 0 Å². The highest BCUT2D eigenvalue weighted by Crippen LogP contribution is 2.32. The SMILES string of the molecule is CC(C)(C)NC(CO)c1oc2ccccc2c1CCc1ccccc1. The summed E-state index contributed by atoms with van der Waals surface area (Å²) in [6, 6.07) is 18.4. The number of fused-ring (bicyclic) bond motifs is 1. The lowest BCUT2D eigenvalue weighted by molar-refractivity contribution is 0.200. The average Bonchev–Trinajstić information content (AvgIpc) is 2.96. The van der Waals surface area contributed by atoms with Crippen LogP contribution in [0.3, 0.4) is 0 Å². The predicted octanol–water partition coefficient (Wildman–Crippen LogP) is 4.64. The van der Waals surface area contributed by atoms with Crippen molar-refractivity contribution in [2.45, 2.75) is 45.2 Å². The number of para-hydroxylation sites is 1. The lowest BCUT2D eigenvalue weighted by Crippen LogP contribution is -2.40. The second kappa shape index (κ2) is 7.42. The van der Waals surface area contributed by atoms with Gasteiger partial charge >= 0.3 is 0 Å². The summed E-state index contributed by atoms with van der Waals surface area (Å²) in [4.78, 5) is 0. The summed E-state index contributed by atoms with van der Waals surface area (Å²) in [7, 11) is 0. The minimum Gasteiger partial charge on any atom is -0.459 e. The zero-order chi connectivity index (χ0) is 17.9. The number of aliphatic hydroxyl groups is 1. The molecule has 0 spiro atoms. The number of hydrogen-bond acceptors (Lipinski definition) is 3. The number of hydrogen-bond donors (Lipinski definition) is 2. The Bertz CT molecular complexity index is 815. The van der Waals surface area contributed by atoms with E-state index < -0.39 is 0 Å². The normalized spacial score (nSPS) is 13.3. The van der Waals surface area contributed by atoms with Crippen molar-refractivity contribution >= 4 is 11.0 Å². The second-order valence-electron chi connectivity index (χ2n) is 7.56. The van der Waals surface area contributed by atoms with Crippen molar-refractivity contribution < 1.29 is 9.52 Å². The van der Waals surface area contributed by atoms with Gasteiger partial charge in [-0.3, -0.25) is 0 Å². The van der Waals surface area contributed by atoms with Gasteiger partial charge in [-0.15, -0.1) is 0 Å². The maximum absolute atomic E-state index is 9.96. The first-order valence-electron chi connectivity index (χ1n) is 8.91. The van der Waals surface area contributed by atoms with E-state index in [1.807, 2.05) is 24.3 Å². The van der Waals surface area contributed by atoms with Crippen molar-refractivity contribution in [1.82, 2.24) is 5.32 Å². The molecule has 0 bridgehead atoms. The molecular formula is C22H27NO2. The van der Waals surface area contributed by atoms with E-state index in [1.54, 1.807) is 0 Å². The molecule has 3 heteroatoms. The molecule has 0 aliphatic heterocycles. The molecule has 1 unspecified atom stereocenters. The van der Waals surface area contributed by atoms with Crippen LogP contribution in [0, 0.1) is 0 Å². The van der Waals surface area contributed by atoms with E-state index in [0.717, 1.165) is 29.6 Å². The van der Waals surface area contributed by atoms with Crippen molar-refractivity contribution in [3.63, 3.8) is 0 Å². The topological polar surface area (TPSA) is 45.4 Å². The molecule has 3 rings (SSSR count). The van der Waals surface area contributed by atoms with E-state index in [2.05, 4.69) is 56.4 Å². The number of aliphatic hydroxyl groups excluding tert-OH is 1. The molecule has 3 aromatic rings. The van der Waals surface area contributed by atoms with Crippen molar-refractivity contribution in [3.05, 3.63) is 71.5 Å². The fourth-order valence-corrected chi connectivity index (χ4v) is 3.29. The Morgan fingerprint density at radius 3 is 2.32 bits per heavy atom. The van der Waals surface area contributed by atoms with Crippen LogP contribution in [0.4, 0.5) is 0 Å². The van der Waals surface area contributed by atoms with Gasteiger partial charge < -0.3 is 14.8 Å². The highest BCUT2D eigenvalue weighted by Gasteiger charge is 2.25. The third kappa shape index (κ3) is 4.30. The Morgan fingerprint density at radius 2 is 1.64 bits per heavy atom. The molecule has 0 aliphatic carbocycles. The lowest BCUT2D eigenvalue weighted by Gasteiger charge is -2.26. The van der Waals surface area contributed by atoms with Crippen LogP contribution in [0.1, 0.15) is 43.7 Å². The number of nitrogens with one attached hydrogen (secondary N) is 1. The van der Waals surface area contributed by atoms with Gasteiger partial charge in [0, 0.05) is 16.5 Å². The first-order chi connectivity index (χ1) is 12.0. The smallest absolute Gasteiger partial charge is 0.134 e. The van der Waals surface area contributed by atoms with E-state index in [1.165, 1.54) is 11.1 Å². The largest absolute Gasteiger partial charge is 0.459 e. The predicted molar refractivity (Wildman–Crippen MR) is 103 cm³/mol. The Morgan fingerprint density at radius 1 is 0.960 bits per heavy atom. The van der Waals surface area contributed by atoms with Crippen LogP contribution in [-0.4, -0.2) is 17.3 Å². The van der Waals surface area contributed by atoms with Gasteiger partial charge in [0.1, 0.15) is 11.3 Å². The van der Waals surface area contributed by atoms with Gasteiger partial charge in [-0.05, 0) is 45.2 Å². The summed E-state index contributed by atoms with van der Waals surface area (Å²) in [6.45, 7) is 6.31. The van der Waals surface area contributed by atoms with Crippen LogP contribution in [0.2, 0.25) is 0 Å². The first-order valence-corrected chi connectivity index (χ1v) is 8.91. The van der Waals surface area contributed by atoms with Gasteiger partial charge in [-0.1, -0.05) is 48.5 Å². The molecule has 0 radical (unpaired) electrons. The first kappa shape index (κ1) is 17.7. The number of benzene rings is 2. The van der Waals surface area contributed by atoms with E-state index in [0.29, 0.717) is 0 Å².